The third-order valence-electron chi connectivity index (χ3n) is 12.2. The predicted molar refractivity (Wildman–Crippen MR) is 166 cm³/mol. The highest BCUT2D eigenvalue weighted by molar-refractivity contribution is 5.87. The summed E-state index contributed by atoms with van der Waals surface area (Å²) in [6, 6.07) is 9.70. The van der Waals surface area contributed by atoms with Crippen LogP contribution in [0.15, 0.2) is 60.2 Å². The topological polar surface area (TPSA) is 66.8 Å². The van der Waals surface area contributed by atoms with Gasteiger partial charge in [0.15, 0.2) is 0 Å². The lowest BCUT2D eigenvalue weighted by Gasteiger charge is -2.62. The van der Waals surface area contributed by atoms with Crippen molar-refractivity contribution in [1.82, 2.24) is 0 Å². The van der Waals surface area contributed by atoms with E-state index in [0.29, 0.717) is 36.0 Å². The number of carbonyl (C=O) groups is 1. The van der Waals surface area contributed by atoms with Crippen LogP contribution >= 0.6 is 0 Å². The molecular formula is C37H52O4. The highest BCUT2D eigenvalue weighted by Gasteiger charge is 2.66. The Kier molecular flexibility index (Phi) is 8.49. The van der Waals surface area contributed by atoms with Crippen molar-refractivity contribution in [2.24, 2.45) is 46.3 Å². The van der Waals surface area contributed by atoms with Gasteiger partial charge in [-0.15, -0.1) is 0 Å². The zero-order chi connectivity index (χ0) is 29.6. The van der Waals surface area contributed by atoms with Gasteiger partial charge in [0.2, 0.25) is 0 Å². The maximum absolute atomic E-state index is 13.1. The summed E-state index contributed by atoms with van der Waals surface area (Å²) >= 11 is 0. The number of benzene rings is 1. The standard InChI is InChI=1S/C37H52O4/c1-24(2)25(3)12-13-26(4)30-15-16-31-29-22-33(41-34(39)17-14-27-10-8-7-9-11-27)37(40)23-28(38)18-21-36(37,6)32(29)19-20-35(30,31)5/h7-14,17,22,24-26,28,30-33,38,40H,15-16,18-21,23H2,1-6H3/b13-12+,17-14+/t25-,26+,28-,30+,31-,32-,33+,35+,36+,37-/m0/s1. The molecule has 41 heavy (non-hydrogen) atoms. The number of hydrogen-bond donors (Lipinski definition) is 2. The first kappa shape index (κ1) is 30.3. The van der Waals surface area contributed by atoms with Crippen molar-refractivity contribution in [2.75, 3.05) is 0 Å². The summed E-state index contributed by atoms with van der Waals surface area (Å²) < 4.78 is 6.12. The molecule has 3 fully saturated rings. The van der Waals surface area contributed by atoms with Crippen LogP contribution in [0.1, 0.15) is 92.1 Å². The maximum atomic E-state index is 13.1. The van der Waals surface area contributed by atoms with Crippen LogP contribution in [0.25, 0.3) is 6.08 Å². The molecule has 0 radical (unpaired) electrons. The molecule has 224 valence electrons. The van der Waals surface area contributed by atoms with Crippen LogP contribution in [-0.2, 0) is 9.53 Å². The molecule has 10 atom stereocenters. The third kappa shape index (κ3) is 5.40. The smallest absolute Gasteiger partial charge is 0.331 e. The average molecular weight is 561 g/mol. The first-order valence-electron chi connectivity index (χ1n) is 16.1. The number of allylic oxidation sites excluding steroid dienone is 3. The minimum absolute atomic E-state index is 0.189. The van der Waals surface area contributed by atoms with Gasteiger partial charge in [-0.2, -0.15) is 0 Å². The summed E-state index contributed by atoms with van der Waals surface area (Å²) in [6.45, 7) is 14.0. The SMILES string of the molecule is CC(C)[C@@H](C)/C=C/[C@@H](C)[C@H]1CC[C@H]2C3=C[C@@H](OC(=O)/C=C/c4ccccc4)[C@@]4(O)C[C@@H](O)CC[C@]4(C)[C@H]3CC[C@]12C. The van der Waals surface area contributed by atoms with E-state index in [9.17, 15) is 15.0 Å². The van der Waals surface area contributed by atoms with E-state index in [1.807, 2.05) is 30.3 Å². The van der Waals surface area contributed by atoms with E-state index in [1.54, 1.807) is 6.08 Å². The zero-order valence-corrected chi connectivity index (χ0v) is 26.1. The fraction of sp³-hybridized carbons (Fsp3) is 0.649. The number of fused-ring (bicyclic) bond motifs is 5. The average Bonchev–Trinajstić information content (AvgIpc) is 3.30. The van der Waals surface area contributed by atoms with Crippen molar-refractivity contribution >= 4 is 12.0 Å². The predicted octanol–water partition coefficient (Wildman–Crippen LogP) is 7.76. The normalized spacial score (nSPS) is 40.1. The molecule has 0 spiro atoms. The van der Waals surface area contributed by atoms with Crippen LogP contribution < -0.4 is 0 Å². The van der Waals surface area contributed by atoms with Gasteiger partial charge in [-0.3, -0.25) is 0 Å². The quantitative estimate of drug-likeness (QED) is 0.203. The van der Waals surface area contributed by atoms with Crippen molar-refractivity contribution in [3.05, 3.63) is 65.8 Å². The molecule has 1 aromatic rings. The molecule has 0 aromatic heterocycles. The first-order valence-corrected chi connectivity index (χ1v) is 16.1. The molecule has 2 N–H and O–H groups in total. The van der Waals surface area contributed by atoms with Crippen LogP contribution in [0.5, 0.6) is 0 Å². The Hall–Kier alpha value is -2.17. The first-order chi connectivity index (χ1) is 19.4. The second-order valence-electron chi connectivity index (χ2n) is 14.7. The molecule has 1 aromatic carbocycles. The summed E-state index contributed by atoms with van der Waals surface area (Å²) in [5.41, 5.74) is 0.788. The monoisotopic (exact) mass is 560 g/mol. The van der Waals surface area contributed by atoms with Gasteiger partial charge in [-0.05, 0) is 97.2 Å². The molecule has 0 heterocycles. The van der Waals surface area contributed by atoms with Gasteiger partial charge >= 0.3 is 5.97 Å². The molecule has 0 aliphatic heterocycles. The number of rotatable bonds is 7. The number of aliphatic hydroxyl groups excluding tert-OH is 1. The number of aliphatic hydroxyl groups is 2. The molecular weight excluding hydrogens is 508 g/mol. The number of esters is 1. The van der Waals surface area contributed by atoms with Gasteiger partial charge in [0.05, 0.1) is 6.10 Å². The van der Waals surface area contributed by atoms with Gasteiger partial charge in [-0.25, -0.2) is 4.79 Å². The Labute approximate surface area is 248 Å². The van der Waals surface area contributed by atoms with Crippen molar-refractivity contribution in [2.45, 2.75) is 104 Å². The Balaban J connectivity index is 1.45. The van der Waals surface area contributed by atoms with Crippen molar-refractivity contribution in [1.29, 1.82) is 0 Å². The van der Waals surface area contributed by atoms with E-state index >= 15 is 0 Å². The van der Waals surface area contributed by atoms with Crippen LogP contribution in [-0.4, -0.2) is 34.0 Å². The highest BCUT2D eigenvalue weighted by Crippen LogP contribution is 2.67. The van der Waals surface area contributed by atoms with Crippen molar-refractivity contribution in [3.8, 4) is 0 Å². The fourth-order valence-corrected chi connectivity index (χ4v) is 9.16. The lowest BCUT2D eigenvalue weighted by atomic mass is 9.45. The Morgan fingerprint density at radius 1 is 0.976 bits per heavy atom. The van der Waals surface area contributed by atoms with Gasteiger partial charge < -0.3 is 14.9 Å². The highest BCUT2D eigenvalue weighted by atomic mass is 16.6. The minimum Gasteiger partial charge on any atom is -0.452 e. The van der Waals surface area contributed by atoms with E-state index in [2.05, 4.69) is 59.8 Å². The molecule has 4 aliphatic rings. The lowest BCUT2D eigenvalue weighted by Crippen LogP contribution is -2.66. The van der Waals surface area contributed by atoms with Crippen molar-refractivity contribution in [3.63, 3.8) is 0 Å². The molecule has 4 nitrogen and oxygen atoms in total. The fourth-order valence-electron chi connectivity index (χ4n) is 9.16. The van der Waals surface area contributed by atoms with Crippen LogP contribution in [0.4, 0.5) is 0 Å². The third-order valence-corrected chi connectivity index (χ3v) is 12.2. The summed E-state index contributed by atoms with van der Waals surface area (Å²) in [7, 11) is 0. The second-order valence-corrected chi connectivity index (χ2v) is 14.7. The van der Waals surface area contributed by atoms with Crippen LogP contribution in [0, 0.1) is 46.3 Å². The Morgan fingerprint density at radius 2 is 1.71 bits per heavy atom. The molecule has 4 heteroatoms. The van der Waals surface area contributed by atoms with E-state index in [1.165, 1.54) is 18.1 Å². The van der Waals surface area contributed by atoms with E-state index in [4.69, 9.17) is 4.74 Å². The molecule has 4 aliphatic carbocycles. The number of ether oxygens (including phenoxy) is 1. The Bertz CT molecular complexity index is 1180. The van der Waals surface area contributed by atoms with Gasteiger partial charge in [0, 0.05) is 17.9 Å². The lowest BCUT2D eigenvalue weighted by molar-refractivity contribution is -0.220. The van der Waals surface area contributed by atoms with Crippen molar-refractivity contribution < 1.29 is 19.7 Å². The van der Waals surface area contributed by atoms with E-state index < -0.39 is 29.2 Å². The summed E-state index contributed by atoms with van der Waals surface area (Å²) in [5.74, 6) is 2.57. The van der Waals surface area contributed by atoms with Crippen LogP contribution in [0.2, 0.25) is 0 Å². The molecule has 0 bridgehead atoms. The minimum atomic E-state index is -1.29. The summed E-state index contributed by atoms with van der Waals surface area (Å²) in [4.78, 5) is 13.1. The molecule has 0 saturated heterocycles. The summed E-state index contributed by atoms with van der Waals surface area (Å²) in [6.07, 6.45) is 15.1. The molecule has 0 unspecified atom stereocenters. The van der Waals surface area contributed by atoms with Gasteiger partial charge in [-0.1, -0.05) is 89.6 Å². The summed E-state index contributed by atoms with van der Waals surface area (Å²) in [5, 5.41) is 23.0. The second kappa shape index (κ2) is 11.5. The largest absolute Gasteiger partial charge is 0.452 e. The molecule has 3 saturated carbocycles. The van der Waals surface area contributed by atoms with E-state index in [-0.39, 0.29) is 17.8 Å². The van der Waals surface area contributed by atoms with E-state index in [0.717, 1.165) is 31.2 Å². The van der Waals surface area contributed by atoms with Gasteiger partial charge in [0.25, 0.3) is 0 Å². The van der Waals surface area contributed by atoms with Gasteiger partial charge in [0.1, 0.15) is 11.7 Å². The molecule has 0 amide bonds. The van der Waals surface area contributed by atoms with Crippen LogP contribution in [0.3, 0.4) is 0 Å². The Morgan fingerprint density at radius 3 is 2.41 bits per heavy atom. The number of hydrogen-bond acceptors (Lipinski definition) is 4. The molecule has 5 rings (SSSR count). The zero-order valence-electron chi connectivity index (χ0n) is 26.1. The maximum Gasteiger partial charge on any atom is 0.331 e. The number of carbonyl (C=O) groups excluding carboxylic acids is 1.